The lowest BCUT2D eigenvalue weighted by atomic mass is 10.1. The molecule has 0 radical (unpaired) electrons. The Balaban J connectivity index is 1.73. The summed E-state index contributed by atoms with van der Waals surface area (Å²) in [7, 11) is 0. The summed E-state index contributed by atoms with van der Waals surface area (Å²) in [6, 6.07) is 16.9. The maximum atomic E-state index is 11.8. The molecule has 3 N–H and O–H groups in total. The molecular formula is C18H22N2O2. The maximum absolute atomic E-state index is 11.8. The minimum atomic E-state index is -0.565. The van der Waals surface area contributed by atoms with Gasteiger partial charge in [0.25, 0.3) is 0 Å². The van der Waals surface area contributed by atoms with E-state index in [4.69, 9.17) is 0 Å². The molecule has 1 atom stereocenters. The van der Waals surface area contributed by atoms with E-state index in [1.165, 1.54) is 5.56 Å². The molecule has 2 aromatic carbocycles. The third-order valence-corrected chi connectivity index (χ3v) is 3.51. The van der Waals surface area contributed by atoms with Gasteiger partial charge in [0.05, 0.1) is 6.10 Å². The van der Waals surface area contributed by atoms with Crippen molar-refractivity contribution in [3.63, 3.8) is 0 Å². The molecule has 0 bridgehead atoms. The van der Waals surface area contributed by atoms with Crippen molar-refractivity contribution in [3.05, 3.63) is 65.7 Å². The van der Waals surface area contributed by atoms with E-state index in [2.05, 4.69) is 17.6 Å². The van der Waals surface area contributed by atoms with Gasteiger partial charge in [-0.15, -0.1) is 0 Å². The number of hydrogen-bond donors (Lipinski definition) is 3. The zero-order valence-electron chi connectivity index (χ0n) is 12.8. The molecular weight excluding hydrogens is 276 g/mol. The predicted octanol–water partition coefficient (Wildman–Crippen LogP) is 3.49. The Bertz CT molecular complexity index is 582. The highest BCUT2D eigenvalue weighted by molar-refractivity contribution is 5.89. The van der Waals surface area contributed by atoms with E-state index in [0.29, 0.717) is 13.0 Å². The largest absolute Gasteiger partial charge is 0.388 e. The van der Waals surface area contributed by atoms with Crippen LogP contribution in [0.4, 0.5) is 10.5 Å². The Labute approximate surface area is 131 Å². The van der Waals surface area contributed by atoms with Crippen LogP contribution in [-0.2, 0) is 6.42 Å². The number of benzene rings is 2. The van der Waals surface area contributed by atoms with Crippen LogP contribution in [0.15, 0.2) is 54.6 Å². The highest BCUT2D eigenvalue weighted by Gasteiger charge is 2.07. The van der Waals surface area contributed by atoms with Gasteiger partial charge >= 0.3 is 6.03 Å². The van der Waals surface area contributed by atoms with Crippen LogP contribution in [0.25, 0.3) is 0 Å². The summed E-state index contributed by atoms with van der Waals surface area (Å²) in [6.45, 7) is 2.50. The second-order valence-corrected chi connectivity index (χ2v) is 5.15. The SMILES string of the molecule is CCc1ccc(NC(=O)NCCC(O)c2ccccc2)cc1. The molecule has 116 valence electrons. The first-order chi connectivity index (χ1) is 10.7. The van der Waals surface area contributed by atoms with Crippen molar-refractivity contribution in [2.75, 3.05) is 11.9 Å². The summed E-state index contributed by atoms with van der Waals surface area (Å²) in [6.07, 6.45) is 0.890. The zero-order valence-corrected chi connectivity index (χ0v) is 12.8. The highest BCUT2D eigenvalue weighted by atomic mass is 16.3. The van der Waals surface area contributed by atoms with Crippen molar-refractivity contribution in [2.45, 2.75) is 25.9 Å². The second-order valence-electron chi connectivity index (χ2n) is 5.15. The van der Waals surface area contributed by atoms with Crippen LogP contribution in [0.2, 0.25) is 0 Å². The molecule has 2 aromatic rings. The number of amides is 2. The first-order valence-electron chi connectivity index (χ1n) is 7.56. The van der Waals surface area contributed by atoms with E-state index in [-0.39, 0.29) is 6.03 Å². The average molecular weight is 298 g/mol. The molecule has 0 heterocycles. The molecule has 2 rings (SSSR count). The van der Waals surface area contributed by atoms with Crippen LogP contribution >= 0.6 is 0 Å². The Kier molecular flexibility index (Phi) is 5.98. The van der Waals surface area contributed by atoms with Crippen molar-refractivity contribution in [2.24, 2.45) is 0 Å². The number of anilines is 1. The van der Waals surface area contributed by atoms with Gasteiger partial charge in [-0.3, -0.25) is 0 Å². The molecule has 4 heteroatoms. The van der Waals surface area contributed by atoms with Gasteiger partial charge in [0, 0.05) is 12.2 Å². The molecule has 0 spiro atoms. The molecule has 0 aliphatic carbocycles. The molecule has 0 fully saturated rings. The third kappa shape index (κ3) is 4.90. The zero-order chi connectivity index (χ0) is 15.8. The Morgan fingerprint density at radius 1 is 1.09 bits per heavy atom. The van der Waals surface area contributed by atoms with E-state index in [0.717, 1.165) is 17.7 Å². The van der Waals surface area contributed by atoms with Gasteiger partial charge in [-0.1, -0.05) is 49.4 Å². The molecule has 4 nitrogen and oxygen atoms in total. The number of hydrogen-bond acceptors (Lipinski definition) is 2. The third-order valence-electron chi connectivity index (χ3n) is 3.51. The van der Waals surface area contributed by atoms with Crippen molar-refractivity contribution in [1.82, 2.24) is 5.32 Å². The van der Waals surface area contributed by atoms with Crippen LogP contribution < -0.4 is 10.6 Å². The fourth-order valence-electron chi connectivity index (χ4n) is 2.16. The van der Waals surface area contributed by atoms with E-state index in [1.54, 1.807) is 0 Å². The molecule has 0 aliphatic heterocycles. The number of nitrogens with one attached hydrogen (secondary N) is 2. The van der Waals surface area contributed by atoms with Crippen molar-refractivity contribution >= 4 is 11.7 Å². The number of aliphatic hydroxyl groups excluding tert-OH is 1. The van der Waals surface area contributed by atoms with Crippen LogP contribution in [0, 0.1) is 0 Å². The first-order valence-corrected chi connectivity index (χ1v) is 7.56. The number of aliphatic hydroxyl groups is 1. The van der Waals surface area contributed by atoms with E-state index < -0.39 is 6.10 Å². The van der Waals surface area contributed by atoms with E-state index in [1.807, 2.05) is 54.6 Å². The Morgan fingerprint density at radius 2 is 1.77 bits per heavy atom. The first kappa shape index (κ1) is 16.0. The second kappa shape index (κ2) is 8.20. The van der Waals surface area contributed by atoms with Crippen LogP contribution in [-0.4, -0.2) is 17.7 Å². The smallest absolute Gasteiger partial charge is 0.319 e. The van der Waals surface area contributed by atoms with Crippen molar-refractivity contribution in [1.29, 1.82) is 0 Å². The minimum absolute atomic E-state index is 0.260. The van der Waals surface area contributed by atoms with Gasteiger partial charge < -0.3 is 15.7 Å². The number of carbonyl (C=O) groups excluding carboxylic acids is 1. The molecule has 0 saturated heterocycles. The lowest BCUT2D eigenvalue weighted by molar-refractivity contribution is 0.167. The lowest BCUT2D eigenvalue weighted by Crippen LogP contribution is -2.30. The summed E-state index contributed by atoms with van der Waals surface area (Å²) in [4.78, 5) is 11.8. The van der Waals surface area contributed by atoms with Crippen LogP contribution in [0.1, 0.15) is 30.6 Å². The molecule has 0 aromatic heterocycles. The van der Waals surface area contributed by atoms with E-state index >= 15 is 0 Å². The van der Waals surface area contributed by atoms with Crippen LogP contribution in [0.5, 0.6) is 0 Å². The maximum Gasteiger partial charge on any atom is 0.319 e. The normalized spacial score (nSPS) is 11.7. The monoisotopic (exact) mass is 298 g/mol. The van der Waals surface area contributed by atoms with E-state index in [9.17, 15) is 9.90 Å². The minimum Gasteiger partial charge on any atom is -0.388 e. The Hall–Kier alpha value is -2.33. The average Bonchev–Trinajstić information content (AvgIpc) is 2.56. The Morgan fingerprint density at radius 3 is 2.41 bits per heavy atom. The predicted molar refractivity (Wildman–Crippen MR) is 88.9 cm³/mol. The van der Waals surface area contributed by atoms with Gasteiger partial charge in [0.1, 0.15) is 0 Å². The van der Waals surface area contributed by atoms with Crippen molar-refractivity contribution in [3.8, 4) is 0 Å². The standard InChI is InChI=1S/C18H22N2O2/c1-2-14-8-10-16(11-9-14)20-18(22)19-13-12-17(21)15-6-4-3-5-7-15/h3-11,17,21H,2,12-13H2,1H3,(H2,19,20,22). The van der Waals surface area contributed by atoms with Gasteiger partial charge in [-0.2, -0.15) is 0 Å². The number of rotatable bonds is 6. The van der Waals surface area contributed by atoms with Crippen molar-refractivity contribution < 1.29 is 9.90 Å². The summed E-state index contributed by atoms with van der Waals surface area (Å²) in [5.74, 6) is 0. The molecule has 0 saturated carbocycles. The molecule has 22 heavy (non-hydrogen) atoms. The summed E-state index contributed by atoms with van der Waals surface area (Å²) in [5.41, 5.74) is 2.86. The fourth-order valence-corrected chi connectivity index (χ4v) is 2.16. The van der Waals surface area contributed by atoms with Gasteiger partial charge in [0.2, 0.25) is 0 Å². The number of urea groups is 1. The topological polar surface area (TPSA) is 61.4 Å². The lowest BCUT2D eigenvalue weighted by Gasteiger charge is -2.12. The van der Waals surface area contributed by atoms with Gasteiger partial charge in [-0.05, 0) is 36.1 Å². The number of aryl methyl sites for hydroxylation is 1. The summed E-state index contributed by atoms with van der Waals surface area (Å²) < 4.78 is 0. The number of carbonyl (C=O) groups is 1. The summed E-state index contributed by atoms with van der Waals surface area (Å²) >= 11 is 0. The van der Waals surface area contributed by atoms with Gasteiger partial charge in [0.15, 0.2) is 0 Å². The highest BCUT2D eigenvalue weighted by Crippen LogP contribution is 2.15. The molecule has 0 aliphatic rings. The van der Waals surface area contributed by atoms with Gasteiger partial charge in [-0.25, -0.2) is 4.79 Å². The molecule has 1 unspecified atom stereocenters. The quantitative estimate of drug-likeness (QED) is 0.764. The molecule has 2 amide bonds. The van der Waals surface area contributed by atoms with Crippen LogP contribution in [0.3, 0.4) is 0 Å². The fraction of sp³-hybridized carbons (Fsp3) is 0.278. The summed E-state index contributed by atoms with van der Waals surface area (Å²) in [5, 5.41) is 15.5.